The summed E-state index contributed by atoms with van der Waals surface area (Å²) in [5.74, 6) is 1.55. The topological polar surface area (TPSA) is 67.4 Å². The number of nitrogens with zero attached hydrogens (tertiary/aromatic N) is 2. The van der Waals surface area contributed by atoms with Gasteiger partial charge in [0.05, 0.1) is 18.8 Å². The standard InChI is InChI=1S/C18H19N3O3/c1-12-9-19-17(20-12)15-11-23-7-6-21(15)18(22)14-8-13-4-2-3-5-16(13)24-10-14/h2-5,8-9,15H,6-7,10-11H2,1H3,(H,19,20)/t15-/m1/s1. The smallest absolute Gasteiger partial charge is 0.254 e. The van der Waals surface area contributed by atoms with E-state index in [9.17, 15) is 4.79 Å². The zero-order chi connectivity index (χ0) is 16.5. The van der Waals surface area contributed by atoms with Gasteiger partial charge in [0.25, 0.3) is 5.91 Å². The lowest BCUT2D eigenvalue weighted by molar-refractivity contribution is -0.136. The number of nitrogens with one attached hydrogen (secondary N) is 1. The molecular formula is C18H19N3O3. The zero-order valence-electron chi connectivity index (χ0n) is 13.5. The Morgan fingerprint density at radius 1 is 1.38 bits per heavy atom. The van der Waals surface area contributed by atoms with Crippen molar-refractivity contribution in [2.75, 3.05) is 26.4 Å². The maximum Gasteiger partial charge on any atom is 0.254 e. The third kappa shape index (κ3) is 2.69. The Bertz CT molecular complexity index is 796. The van der Waals surface area contributed by atoms with Crippen LogP contribution in [0.15, 0.2) is 36.0 Å². The van der Waals surface area contributed by atoms with E-state index in [4.69, 9.17) is 9.47 Å². The lowest BCUT2D eigenvalue weighted by atomic mass is 10.1. The number of amides is 1. The Morgan fingerprint density at radius 2 is 2.25 bits per heavy atom. The van der Waals surface area contributed by atoms with Gasteiger partial charge in [0.2, 0.25) is 0 Å². The first-order valence-corrected chi connectivity index (χ1v) is 8.05. The third-order valence-electron chi connectivity index (χ3n) is 4.33. The van der Waals surface area contributed by atoms with Crippen LogP contribution in [0.5, 0.6) is 5.75 Å². The summed E-state index contributed by atoms with van der Waals surface area (Å²) < 4.78 is 11.3. The molecule has 0 saturated carbocycles. The maximum atomic E-state index is 13.0. The summed E-state index contributed by atoms with van der Waals surface area (Å²) >= 11 is 0. The van der Waals surface area contributed by atoms with Crippen molar-refractivity contribution in [1.29, 1.82) is 0 Å². The summed E-state index contributed by atoms with van der Waals surface area (Å²) in [6.45, 7) is 3.76. The molecule has 1 aromatic heterocycles. The molecule has 2 aliphatic rings. The van der Waals surface area contributed by atoms with Crippen LogP contribution in [0.1, 0.15) is 23.1 Å². The highest BCUT2D eigenvalue weighted by Gasteiger charge is 2.33. The minimum absolute atomic E-state index is 0.0214. The fourth-order valence-electron chi connectivity index (χ4n) is 3.10. The number of carbonyl (C=O) groups excluding carboxylic acids is 1. The van der Waals surface area contributed by atoms with Gasteiger partial charge in [-0.1, -0.05) is 18.2 Å². The van der Waals surface area contributed by atoms with Crippen molar-refractivity contribution in [2.45, 2.75) is 13.0 Å². The van der Waals surface area contributed by atoms with Gasteiger partial charge in [-0.05, 0) is 19.1 Å². The van der Waals surface area contributed by atoms with Gasteiger partial charge in [0.1, 0.15) is 24.2 Å². The molecule has 1 saturated heterocycles. The maximum absolute atomic E-state index is 13.0. The molecule has 2 aliphatic heterocycles. The van der Waals surface area contributed by atoms with Gasteiger partial charge in [-0.3, -0.25) is 4.79 Å². The number of hydrogen-bond acceptors (Lipinski definition) is 4. The largest absolute Gasteiger partial charge is 0.488 e. The summed E-state index contributed by atoms with van der Waals surface area (Å²) in [6.07, 6.45) is 3.69. The molecule has 1 fully saturated rings. The van der Waals surface area contributed by atoms with E-state index in [0.29, 0.717) is 25.3 Å². The van der Waals surface area contributed by atoms with Gasteiger partial charge in [0.15, 0.2) is 0 Å². The van der Waals surface area contributed by atoms with Crippen LogP contribution in [-0.4, -0.2) is 47.1 Å². The molecule has 6 heteroatoms. The highest BCUT2D eigenvalue weighted by Crippen LogP contribution is 2.29. The third-order valence-corrected chi connectivity index (χ3v) is 4.33. The first kappa shape index (κ1) is 15.0. The summed E-state index contributed by atoms with van der Waals surface area (Å²) in [4.78, 5) is 22.4. The van der Waals surface area contributed by atoms with Crippen LogP contribution >= 0.6 is 0 Å². The molecule has 0 radical (unpaired) electrons. The van der Waals surface area contributed by atoms with Gasteiger partial charge < -0.3 is 19.4 Å². The van der Waals surface area contributed by atoms with E-state index in [-0.39, 0.29) is 18.6 Å². The minimum Gasteiger partial charge on any atom is -0.488 e. The van der Waals surface area contributed by atoms with Gasteiger partial charge in [-0.2, -0.15) is 0 Å². The number of ether oxygens (including phenoxy) is 2. The second kappa shape index (κ2) is 6.13. The van der Waals surface area contributed by atoms with Crippen LogP contribution in [0.2, 0.25) is 0 Å². The predicted molar refractivity (Wildman–Crippen MR) is 88.5 cm³/mol. The highest BCUT2D eigenvalue weighted by molar-refractivity contribution is 5.99. The van der Waals surface area contributed by atoms with Crippen LogP contribution in [0.4, 0.5) is 0 Å². The van der Waals surface area contributed by atoms with E-state index in [2.05, 4.69) is 9.97 Å². The Labute approximate surface area is 140 Å². The van der Waals surface area contributed by atoms with Crippen molar-refractivity contribution in [3.05, 3.63) is 53.1 Å². The number of rotatable bonds is 2. The number of carbonyl (C=O) groups is 1. The second-order valence-corrected chi connectivity index (χ2v) is 6.04. The zero-order valence-corrected chi connectivity index (χ0v) is 13.5. The normalized spacial score (nSPS) is 20.1. The number of imidazole rings is 1. The second-order valence-electron chi connectivity index (χ2n) is 6.04. The van der Waals surface area contributed by atoms with Crippen molar-refractivity contribution in [1.82, 2.24) is 14.9 Å². The monoisotopic (exact) mass is 325 g/mol. The fourth-order valence-corrected chi connectivity index (χ4v) is 3.10. The number of H-pyrrole nitrogens is 1. The number of hydrogen-bond donors (Lipinski definition) is 1. The lowest BCUT2D eigenvalue weighted by Gasteiger charge is -2.35. The molecule has 1 amide bonds. The number of aryl methyl sites for hydroxylation is 1. The van der Waals surface area contributed by atoms with Crippen LogP contribution < -0.4 is 4.74 Å². The van der Waals surface area contributed by atoms with Gasteiger partial charge in [-0.25, -0.2) is 4.98 Å². The Balaban J connectivity index is 1.62. The molecule has 4 rings (SSSR count). The lowest BCUT2D eigenvalue weighted by Crippen LogP contribution is -2.45. The Hall–Kier alpha value is -2.60. The molecule has 0 unspecified atom stereocenters. The van der Waals surface area contributed by atoms with Crippen LogP contribution in [0.25, 0.3) is 6.08 Å². The average molecular weight is 325 g/mol. The van der Waals surface area contributed by atoms with Gasteiger partial charge >= 0.3 is 0 Å². The summed E-state index contributed by atoms with van der Waals surface area (Å²) in [7, 11) is 0. The van der Waals surface area contributed by atoms with E-state index in [1.807, 2.05) is 42.2 Å². The van der Waals surface area contributed by atoms with Crippen LogP contribution in [0, 0.1) is 6.92 Å². The van der Waals surface area contributed by atoms with E-state index in [1.54, 1.807) is 6.20 Å². The Kier molecular flexibility index (Phi) is 3.82. The average Bonchev–Trinajstić information content (AvgIpc) is 3.07. The summed E-state index contributed by atoms with van der Waals surface area (Å²) in [6, 6.07) is 7.54. The quantitative estimate of drug-likeness (QED) is 0.918. The Morgan fingerprint density at radius 3 is 3.08 bits per heavy atom. The van der Waals surface area contributed by atoms with Crippen LogP contribution in [0.3, 0.4) is 0 Å². The van der Waals surface area contributed by atoms with Crippen molar-refractivity contribution >= 4 is 12.0 Å². The number of morpholine rings is 1. The fraction of sp³-hybridized carbons (Fsp3) is 0.333. The van der Waals surface area contributed by atoms with E-state index < -0.39 is 0 Å². The number of para-hydroxylation sites is 1. The minimum atomic E-state index is -0.196. The molecule has 0 bridgehead atoms. The molecule has 1 aromatic carbocycles. The van der Waals surface area contributed by atoms with Crippen molar-refractivity contribution in [3.8, 4) is 5.75 Å². The number of fused-ring (bicyclic) bond motifs is 1. The first-order valence-electron chi connectivity index (χ1n) is 8.05. The number of aromatic nitrogens is 2. The number of benzene rings is 1. The molecule has 0 aliphatic carbocycles. The van der Waals surface area contributed by atoms with Crippen molar-refractivity contribution < 1.29 is 14.3 Å². The predicted octanol–water partition coefficient (Wildman–Crippen LogP) is 2.09. The van der Waals surface area contributed by atoms with Crippen LogP contribution in [-0.2, 0) is 9.53 Å². The molecule has 3 heterocycles. The summed E-state index contributed by atoms with van der Waals surface area (Å²) in [5.41, 5.74) is 2.56. The first-order chi connectivity index (χ1) is 11.7. The summed E-state index contributed by atoms with van der Waals surface area (Å²) in [5, 5.41) is 0. The molecule has 124 valence electrons. The molecule has 24 heavy (non-hydrogen) atoms. The highest BCUT2D eigenvalue weighted by atomic mass is 16.5. The van der Waals surface area contributed by atoms with E-state index >= 15 is 0 Å². The molecule has 1 N–H and O–H groups in total. The molecule has 2 aromatic rings. The van der Waals surface area contributed by atoms with Crippen molar-refractivity contribution in [2.24, 2.45) is 0 Å². The molecule has 6 nitrogen and oxygen atoms in total. The van der Waals surface area contributed by atoms with Gasteiger partial charge in [0, 0.05) is 24.0 Å². The molecular weight excluding hydrogens is 306 g/mol. The number of aromatic amines is 1. The SMILES string of the molecule is Cc1cnc([C@H]2COCCN2C(=O)C2=Cc3ccccc3OC2)[nH]1. The van der Waals surface area contributed by atoms with Crippen molar-refractivity contribution in [3.63, 3.8) is 0 Å². The van der Waals surface area contributed by atoms with E-state index in [1.165, 1.54) is 0 Å². The molecule has 0 spiro atoms. The molecule has 1 atom stereocenters. The van der Waals surface area contributed by atoms with Gasteiger partial charge in [-0.15, -0.1) is 0 Å². The van der Waals surface area contributed by atoms with E-state index in [0.717, 1.165) is 22.8 Å².